The summed E-state index contributed by atoms with van der Waals surface area (Å²) in [5.41, 5.74) is 2.62. The minimum Gasteiger partial charge on any atom is -0.457 e. The number of imidazole rings is 1. The maximum Gasteiger partial charge on any atom is 0.275 e. The highest BCUT2D eigenvalue weighted by atomic mass is 127. The lowest BCUT2D eigenvalue weighted by Crippen LogP contribution is -2.22. The minimum absolute atomic E-state index is 0.0640. The molecule has 6 heteroatoms. The molecule has 0 amide bonds. The number of hydrogen-bond acceptors (Lipinski definition) is 4. The normalized spacial score (nSPS) is 12.4. The largest absolute Gasteiger partial charge is 0.457 e. The van der Waals surface area contributed by atoms with Gasteiger partial charge in [-0.05, 0) is 59.0 Å². The molecule has 0 N–H and O–H groups in total. The first kappa shape index (κ1) is 15.8. The van der Waals surface area contributed by atoms with Gasteiger partial charge in [0, 0.05) is 15.2 Å². The highest BCUT2D eigenvalue weighted by Gasteiger charge is 2.11. The van der Waals surface area contributed by atoms with Crippen LogP contribution in [-0.2, 0) is 0 Å². The Hall–Kier alpha value is -2.45. The number of thiazole rings is 1. The SMILES string of the molecule is O=c1/c(=C/c2ccc(-c3ccc(I)cc3)o2)sc2nc3ccccc3n12. The molecule has 5 rings (SSSR count). The number of benzene rings is 2. The molecule has 26 heavy (non-hydrogen) atoms. The van der Waals surface area contributed by atoms with Gasteiger partial charge in [-0.3, -0.25) is 4.79 Å². The second-order valence-electron chi connectivity index (χ2n) is 5.84. The average Bonchev–Trinajstić information content (AvgIpc) is 3.32. The summed E-state index contributed by atoms with van der Waals surface area (Å²) in [7, 11) is 0. The van der Waals surface area contributed by atoms with Crippen molar-refractivity contribution in [2.24, 2.45) is 0 Å². The van der Waals surface area contributed by atoms with Crippen LogP contribution in [0.25, 0.3) is 33.4 Å². The maximum atomic E-state index is 12.8. The summed E-state index contributed by atoms with van der Waals surface area (Å²) < 4.78 is 9.36. The van der Waals surface area contributed by atoms with E-state index in [1.54, 1.807) is 10.5 Å². The van der Waals surface area contributed by atoms with Crippen molar-refractivity contribution >= 4 is 56.0 Å². The summed E-state index contributed by atoms with van der Waals surface area (Å²) in [5, 5.41) is 0. The smallest absolute Gasteiger partial charge is 0.275 e. The highest BCUT2D eigenvalue weighted by molar-refractivity contribution is 14.1. The molecule has 5 aromatic rings. The fraction of sp³-hybridized carbons (Fsp3) is 0. The summed E-state index contributed by atoms with van der Waals surface area (Å²) in [5.74, 6) is 1.44. The van der Waals surface area contributed by atoms with E-state index in [4.69, 9.17) is 4.42 Å². The topological polar surface area (TPSA) is 47.5 Å². The molecule has 0 aliphatic heterocycles. The van der Waals surface area contributed by atoms with Gasteiger partial charge in [0.1, 0.15) is 16.1 Å². The van der Waals surface area contributed by atoms with Gasteiger partial charge in [-0.15, -0.1) is 0 Å². The van der Waals surface area contributed by atoms with Gasteiger partial charge in [-0.2, -0.15) is 0 Å². The maximum absolute atomic E-state index is 12.8. The molecule has 0 aliphatic carbocycles. The van der Waals surface area contributed by atoms with Gasteiger partial charge < -0.3 is 4.42 Å². The van der Waals surface area contributed by atoms with E-state index in [1.165, 1.54) is 14.9 Å². The third-order valence-electron chi connectivity index (χ3n) is 4.17. The van der Waals surface area contributed by atoms with Crippen LogP contribution in [0.15, 0.2) is 69.9 Å². The number of nitrogens with zero attached hydrogens (tertiary/aromatic N) is 2. The quantitative estimate of drug-likeness (QED) is 0.361. The van der Waals surface area contributed by atoms with Gasteiger partial charge >= 0.3 is 0 Å². The summed E-state index contributed by atoms with van der Waals surface area (Å²) in [6.45, 7) is 0. The van der Waals surface area contributed by atoms with Gasteiger partial charge in [-0.25, -0.2) is 9.38 Å². The van der Waals surface area contributed by atoms with Crippen molar-refractivity contribution in [2.75, 3.05) is 0 Å². The van der Waals surface area contributed by atoms with Gasteiger partial charge in [0.15, 0.2) is 4.96 Å². The molecule has 4 nitrogen and oxygen atoms in total. The molecule has 126 valence electrons. The van der Waals surface area contributed by atoms with Crippen molar-refractivity contribution in [3.63, 3.8) is 0 Å². The molecule has 0 saturated carbocycles. The first-order chi connectivity index (χ1) is 12.7. The first-order valence-electron chi connectivity index (χ1n) is 7.96. The second kappa shape index (κ2) is 6.07. The van der Waals surface area contributed by atoms with E-state index in [0.717, 1.165) is 22.4 Å². The van der Waals surface area contributed by atoms with Crippen LogP contribution in [-0.4, -0.2) is 9.38 Å². The second-order valence-corrected chi connectivity index (χ2v) is 8.10. The van der Waals surface area contributed by atoms with Crippen LogP contribution in [0, 0.1) is 3.57 Å². The number of furan rings is 1. The Balaban J connectivity index is 1.62. The van der Waals surface area contributed by atoms with Crippen LogP contribution in [0.4, 0.5) is 0 Å². The van der Waals surface area contributed by atoms with Crippen molar-refractivity contribution in [1.82, 2.24) is 9.38 Å². The Morgan fingerprint density at radius 2 is 1.85 bits per heavy atom. The van der Waals surface area contributed by atoms with Gasteiger partial charge in [0.2, 0.25) is 0 Å². The van der Waals surface area contributed by atoms with Crippen LogP contribution < -0.4 is 10.1 Å². The first-order valence-corrected chi connectivity index (χ1v) is 9.86. The van der Waals surface area contributed by atoms with Crippen molar-refractivity contribution in [3.05, 3.63) is 84.9 Å². The zero-order chi connectivity index (χ0) is 17.7. The van der Waals surface area contributed by atoms with E-state index in [2.05, 4.69) is 27.6 Å². The van der Waals surface area contributed by atoms with Crippen molar-refractivity contribution in [3.8, 4) is 11.3 Å². The van der Waals surface area contributed by atoms with Gasteiger partial charge in [-0.1, -0.05) is 35.6 Å². The summed E-state index contributed by atoms with van der Waals surface area (Å²) in [6, 6.07) is 19.6. The predicted octanol–water partition coefficient (Wildman–Crippen LogP) is 4.32. The molecule has 0 unspecified atom stereocenters. The Morgan fingerprint density at radius 1 is 1.04 bits per heavy atom. The van der Waals surface area contributed by atoms with Crippen LogP contribution >= 0.6 is 33.9 Å². The predicted molar refractivity (Wildman–Crippen MR) is 112 cm³/mol. The van der Waals surface area contributed by atoms with Gasteiger partial charge in [0.25, 0.3) is 5.56 Å². The summed E-state index contributed by atoms with van der Waals surface area (Å²) in [4.78, 5) is 18.0. The van der Waals surface area contributed by atoms with E-state index in [0.29, 0.717) is 15.3 Å². The third-order valence-corrected chi connectivity index (χ3v) is 5.86. The molecule has 0 saturated heterocycles. The van der Waals surface area contributed by atoms with Crippen molar-refractivity contribution < 1.29 is 4.42 Å². The van der Waals surface area contributed by atoms with Crippen molar-refractivity contribution in [1.29, 1.82) is 0 Å². The molecule has 0 bridgehead atoms. The number of hydrogen-bond donors (Lipinski definition) is 0. The minimum atomic E-state index is -0.0640. The fourth-order valence-electron chi connectivity index (χ4n) is 2.94. The number of aromatic nitrogens is 2. The molecule has 0 fully saturated rings. The Bertz CT molecular complexity index is 1360. The lowest BCUT2D eigenvalue weighted by molar-refractivity contribution is 0.571. The summed E-state index contributed by atoms with van der Waals surface area (Å²) in [6.07, 6.45) is 1.78. The van der Waals surface area contributed by atoms with E-state index < -0.39 is 0 Å². The number of para-hydroxylation sites is 2. The number of fused-ring (bicyclic) bond motifs is 3. The molecule has 3 aromatic heterocycles. The summed E-state index contributed by atoms with van der Waals surface area (Å²) >= 11 is 3.65. The molecule has 0 atom stereocenters. The molecule has 0 spiro atoms. The Kier molecular flexibility index (Phi) is 3.68. The van der Waals surface area contributed by atoms with Crippen LogP contribution in [0.2, 0.25) is 0 Å². The number of halogens is 1. The lowest BCUT2D eigenvalue weighted by Gasteiger charge is -1.96. The van der Waals surface area contributed by atoms with Crippen LogP contribution in [0.5, 0.6) is 0 Å². The van der Waals surface area contributed by atoms with Crippen LogP contribution in [0.3, 0.4) is 0 Å². The zero-order valence-electron chi connectivity index (χ0n) is 13.3. The highest BCUT2D eigenvalue weighted by Crippen LogP contribution is 2.23. The molecular formula is C20H11IN2O2S. The monoisotopic (exact) mass is 470 g/mol. The fourth-order valence-corrected chi connectivity index (χ4v) is 4.27. The molecular weight excluding hydrogens is 459 g/mol. The average molecular weight is 470 g/mol. The Morgan fingerprint density at radius 3 is 2.69 bits per heavy atom. The van der Waals surface area contributed by atoms with Crippen LogP contribution in [0.1, 0.15) is 5.76 Å². The van der Waals surface area contributed by atoms with E-state index in [1.807, 2.05) is 60.7 Å². The number of rotatable bonds is 2. The standard InChI is InChI=1S/C20H11IN2O2S/c21-13-7-5-12(6-8-13)17-10-9-14(25-17)11-18-19(24)23-16-4-2-1-3-15(16)22-20(23)26-18/h1-11H/b18-11-. The molecule has 0 aliphatic rings. The molecule has 0 radical (unpaired) electrons. The molecule has 3 heterocycles. The lowest BCUT2D eigenvalue weighted by atomic mass is 10.2. The van der Waals surface area contributed by atoms with E-state index >= 15 is 0 Å². The molecule has 2 aromatic carbocycles. The Labute approximate surface area is 165 Å². The zero-order valence-corrected chi connectivity index (χ0v) is 16.3. The van der Waals surface area contributed by atoms with Gasteiger partial charge in [0.05, 0.1) is 11.0 Å². The van der Waals surface area contributed by atoms with E-state index in [9.17, 15) is 4.79 Å². The van der Waals surface area contributed by atoms with E-state index in [-0.39, 0.29) is 5.56 Å². The van der Waals surface area contributed by atoms with Crippen molar-refractivity contribution in [2.45, 2.75) is 0 Å². The third kappa shape index (κ3) is 2.57.